The second-order valence-corrected chi connectivity index (χ2v) is 10.7. The van der Waals surface area contributed by atoms with Gasteiger partial charge in [0.1, 0.15) is 0 Å². The average molecular weight is 422 g/mol. The Kier molecular flexibility index (Phi) is 5.17. The third kappa shape index (κ3) is 4.07. The molecule has 4 rings (SSSR count). The normalized spacial score (nSPS) is 21.0. The molecule has 28 heavy (non-hydrogen) atoms. The standard InChI is InChI=1S/C18H23N5O3S2/c1-12-3-4-13(2)16(9-12)23-18(19-20-21-23)27-10-17(24)22(14-5-6-14)15-7-8-28(25,26)11-15/h3-4,9,14-15H,5-8,10-11H2,1-2H3/t15-/m1/s1. The number of rotatable bonds is 6. The third-order valence-electron chi connectivity index (χ3n) is 5.19. The van der Waals surface area contributed by atoms with Gasteiger partial charge in [0.05, 0.1) is 22.9 Å². The van der Waals surface area contributed by atoms with Crippen molar-refractivity contribution in [1.29, 1.82) is 0 Å². The molecule has 0 N–H and O–H groups in total. The van der Waals surface area contributed by atoms with Gasteiger partial charge in [-0.1, -0.05) is 23.9 Å². The van der Waals surface area contributed by atoms with Crippen molar-refractivity contribution in [3.63, 3.8) is 0 Å². The third-order valence-corrected chi connectivity index (χ3v) is 7.84. The van der Waals surface area contributed by atoms with Gasteiger partial charge in [-0.3, -0.25) is 4.79 Å². The van der Waals surface area contributed by atoms with E-state index in [0.29, 0.717) is 11.6 Å². The Morgan fingerprint density at radius 1 is 1.25 bits per heavy atom. The lowest BCUT2D eigenvalue weighted by molar-refractivity contribution is -0.130. The van der Waals surface area contributed by atoms with Crippen molar-refractivity contribution in [2.24, 2.45) is 0 Å². The Hall–Kier alpha value is -1.94. The molecule has 1 saturated carbocycles. The molecule has 1 aromatic carbocycles. The number of thioether (sulfide) groups is 1. The molecule has 2 fully saturated rings. The molecule has 150 valence electrons. The van der Waals surface area contributed by atoms with Crippen LogP contribution in [-0.4, -0.2) is 68.8 Å². The Labute approximate surface area is 168 Å². The molecule has 1 atom stereocenters. The smallest absolute Gasteiger partial charge is 0.233 e. The van der Waals surface area contributed by atoms with Gasteiger partial charge in [0.15, 0.2) is 9.84 Å². The fourth-order valence-corrected chi connectivity index (χ4v) is 6.09. The Morgan fingerprint density at radius 3 is 2.71 bits per heavy atom. The molecule has 0 spiro atoms. The van der Waals surface area contributed by atoms with Crippen molar-refractivity contribution >= 4 is 27.5 Å². The highest BCUT2D eigenvalue weighted by molar-refractivity contribution is 7.99. The first kappa shape index (κ1) is 19.4. The number of hydrogen-bond acceptors (Lipinski definition) is 7. The van der Waals surface area contributed by atoms with Crippen LogP contribution in [0.3, 0.4) is 0 Å². The van der Waals surface area contributed by atoms with Crippen LogP contribution in [0.5, 0.6) is 0 Å². The Balaban J connectivity index is 1.48. The number of aryl methyl sites for hydroxylation is 2. The molecule has 2 aliphatic rings. The first-order chi connectivity index (χ1) is 13.3. The van der Waals surface area contributed by atoms with E-state index >= 15 is 0 Å². The maximum absolute atomic E-state index is 12.9. The fraction of sp³-hybridized carbons (Fsp3) is 0.556. The summed E-state index contributed by atoms with van der Waals surface area (Å²) in [6.45, 7) is 4.00. The largest absolute Gasteiger partial charge is 0.335 e. The van der Waals surface area contributed by atoms with E-state index in [9.17, 15) is 13.2 Å². The summed E-state index contributed by atoms with van der Waals surface area (Å²) < 4.78 is 25.3. The van der Waals surface area contributed by atoms with Gasteiger partial charge in [0, 0.05) is 12.1 Å². The van der Waals surface area contributed by atoms with Gasteiger partial charge in [0.2, 0.25) is 11.1 Å². The lowest BCUT2D eigenvalue weighted by atomic mass is 10.1. The van der Waals surface area contributed by atoms with Crippen molar-refractivity contribution < 1.29 is 13.2 Å². The maximum Gasteiger partial charge on any atom is 0.233 e. The Bertz CT molecular complexity index is 1000. The van der Waals surface area contributed by atoms with Gasteiger partial charge in [-0.25, -0.2) is 8.42 Å². The summed E-state index contributed by atoms with van der Waals surface area (Å²) in [4.78, 5) is 14.7. The van der Waals surface area contributed by atoms with E-state index < -0.39 is 9.84 Å². The Morgan fingerprint density at radius 2 is 2.04 bits per heavy atom. The minimum absolute atomic E-state index is 0.0369. The molecule has 1 amide bonds. The molecule has 10 heteroatoms. The fourth-order valence-electron chi connectivity index (χ4n) is 3.62. The second-order valence-electron chi connectivity index (χ2n) is 7.54. The van der Waals surface area contributed by atoms with Gasteiger partial charge < -0.3 is 4.90 Å². The summed E-state index contributed by atoms with van der Waals surface area (Å²) in [6, 6.07) is 6.04. The van der Waals surface area contributed by atoms with Crippen LogP contribution in [0.15, 0.2) is 23.4 Å². The van der Waals surface area contributed by atoms with Crippen molar-refractivity contribution in [2.75, 3.05) is 17.3 Å². The summed E-state index contributed by atoms with van der Waals surface area (Å²) in [5, 5.41) is 12.5. The molecule has 2 aromatic rings. The average Bonchev–Trinajstić information content (AvgIpc) is 3.24. The minimum Gasteiger partial charge on any atom is -0.335 e. The van der Waals surface area contributed by atoms with Gasteiger partial charge in [-0.05, 0) is 60.7 Å². The van der Waals surface area contributed by atoms with E-state index in [1.54, 1.807) is 4.68 Å². The van der Waals surface area contributed by atoms with E-state index in [1.165, 1.54) is 11.8 Å². The summed E-state index contributed by atoms with van der Waals surface area (Å²) in [5.41, 5.74) is 3.04. The molecule has 0 bridgehead atoms. The summed E-state index contributed by atoms with van der Waals surface area (Å²) in [7, 11) is -3.03. The van der Waals surface area contributed by atoms with Gasteiger partial charge in [-0.2, -0.15) is 4.68 Å². The van der Waals surface area contributed by atoms with Gasteiger partial charge >= 0.3 is 0 Å². The molecule has 1 aliphatic carbocycles. The van der Waals surface area contributed by atoms with E-state index in [0.717, 1.165) is 29.7 Å². The molecule has 2 heterocycles. The van der Waals surface area contributed by atoms with Crippen LogP contribution in [0.1, 0.15) is 30.4 Å². The van der Waals surface area contributed by atoms with Crippen LogP contribution >= 0.6 is 11.8 Å². The zero-order valence-corrected chi connectivity index (χ0v) is 17.5. The molecule has 1 aliphatic heterocycles. The highest BCUT2D eigenvalue weighted by Crippen LogP contribution is 2.33. The number of tetrazole rings is 1. The molecule has 0 radical (unpaired) electrons. The number of nitrogens with zero attached hydrogens (tertiary/aromatic N) is 5. The number of benzene rings is 1. The van der Waals surface area contributed by atoms with Crippen molar-refractivity contribution in [3.8, 4) is 5.69 Å². The van der Waals surface area contributed by atoms with E-state index in [4.69, 9.17) is 0 Å². The molecule has 0 unspecified atom stereocenters. The van der Waals surface area contributed by atoms with Crippen molar-refractivity contribution in [1.82, 2.24) is 25.1 Å². The first-order valence-electron chi connectivity index (χ1n) is 9.34. The van der Waals surface area contributed by atoms with Crippen LogP contribution in [0.2, 0.25) is 0 Å². The highest BCUT2D eigenvalue weighted by Gasteiger charge is 2.42. The number of hydrogen-bond donors (Lipinski definition) is 0. The lowest BCUT2D eigenvalue weighted by Crippen LogP contribution is -2.43. The SMILES string of the molecule is Cc1ccc(C)c(-n2nnnc2SCC(=O)N(C2CC2)[C@@H]2CCS(=O)(=O)C2)c1. The topological polar surface area (TPSA) is 98.1 Å². The predicted octanol–water partition coefficient (Wildman–Crippen LogP) is 1.55. The van der Waals surface area contributed by atoms with Crippen LogP contribution < -0.4 is 0 Å². The maximum atomic E-state index is 12.9. The number of carbonyl (C=O) groups is 1. The summed E-state index contributed by atoms with van der Waals surface area (Å²) in [5.74, 6) is 0.412. The monoisotopic (exact) mass is 421 g/mol. The summed E-state index contributed by atoms with van der Waals surface area (Å²) >= 11 is 1.29. The highest BCUT2D eigenvalue weighted by atomic mass is 32.2. The van der Waals surface area contributed by atoms with Crippen LogP contribution in [-0.2, 0) is 14.6 Å². The number of carbonyl (C=O) groups excluding carboxylic acids is 1. The first-order valence-corrected chi connectivity index (χ1v) is 12.1. The number of amides is 1. The quantitative estimate of drug-likeness (QED) is 0.653. The van der Waals surface area contributed by atoms with Gasteiger partial charge in [0.25, 0.3) is 0 Å². The van der Waals surface area contributed by atoms with Crippen molar-refractivity contribution in [2.45, 2.75) is 50.4 Å². The van der Waals surface area contributed by atoms with Crippen LogP contribution in [0.4, 0.5) is 0 Å². The zero-order chi connectivity index (χ0) is 19.9. The zero-order valence-electron chi connectivity index (χ0n) is 15.9. The van der Waals surface area contributed by atoms with E-state index in [-0.39, 0.29) is 35.2 Å². The molecule has 1 aromatic heterocycles. The van der Waals surface area contributed by atoms with Gasteiger partial charge in [-0.15, -0.1) is 5.10 Å². The number of aromatic nitrogens is 4. The predicted molar refractivity (Wildman–Crippen MR) is 106 cm³/mol. The van der Waals surface area contributed by atoms with E-state index in [1.807, 2.05) is 36.9 Å². The van der Waals surface area contributed by atoms with Crippen LogP contribution in [0, 0.1) is 13.8 Å². The molecular weight excluding hydrogens is 398 g/mol. The van der Waals surface area contributed by atoms with Crippen molar-refractivity contribution in [3.05, 3.63) is 29.3 Å². The molecular formula is C18H23N5O3S2. The summed E-state index contributed by atoms with van der Waals surface area (Å²) in [6.07, 6.45) is 2.44. The molecule has 8 nitrogen and oxygen atoms in total. The lowest BCUT2D eigenvalue weighted by Gasteiger charge is -2.28. The van der Waals surface area contributed by atoms with Crippen LogP contribution in [0.25, 0.3) is 5.69 Å². The molecule has 1 saturated heterocycles. The van der Waals surface area contributed by atoms with E-state index in [2.05, 4.69) is 15.5 Å². The number of sulfone groups is 1. The minimum atomic E-state index is -3.03. The second kappa shape index (κ2) is 7.47.